The lowest BCUT2D eigenvalue weighted by atomic mass is 9.86. The molecule has 1 N–H and O–H groups in total. The lowest BCUT2D eigenvalue weighted by Crippen LogP contribution is -2.35. The first-order chi connectivity index (χ1) is 8.61. The first kappa shape index (κ1) is 13.7. The second kappa shape index (κ2) is 5.94. The first-order valence-electron chi connectivity index (χ1n) is 6.74. The predicted molar refractivity (Wildman–Crippen MR) is 77.2 cm³/mol. The van der Waals surface area contributed by atoms with Gasteiger partial charge in [-0.15, -0.1) is 0 Å². The van der Waals surface area contributed by atoms with Crippen LogP contribution in [0.15, 0.2) is 18.2 Å². The van der Waals surface area contributed by atoms with E-state index in [4.69, 9.17) is 16.7 Å². The summed E-state index contributed by atoms with van der Waals surface area (Å²) in [5, 5.41) is 9.84. The number of aliphatic hydroxyl groups is 1. The molecule has 0 saturated heterocycles. The molecule has 1 fully saturated rings. The highest BCUT2D eigenvalue weighted by molar-refractivity contribution is 6.33. The van der Waals surface area contributed by atoms with Gasteiger partial charge in [-0.2, -0.15) is 0 Å². The maximum atomic E-state index is 9.10. The van der Waals surface area contributed by atoms with Crippen molar-refractivity contribution in [2.24, 2.45) is 5.92 Å². The number of hydrogen-bond acceptors (Lipinski definition) is 2. The Kier molecular flexibility index (Phi) is 4.52. The summed E-state index contributed by atoms with van der Waals surface area (Å²) in [6, 6.07) is 6.42. The molecule has 0 radical (unpaired) electrons. The molecule has 0 heterocycles. The fraction of sp³-hybridized carbons (Fsp3) is 0.600. The smallest absolute Gasteiger partial charge is 0.0682 e. The number of nitrogens with zero attached hydrogens (tertiary/aromatic N) is 1. The molecule has 1 aromatic carbocycles. The van der Waals surface area contributed by atoms with E-state index in [1.165, 1.54) is 25.7 Å². The van der Waals surface area contributed by atoms with Gasteiger partial charge in [0, 0.05) is 13.1 Å². The third-order valence-corrected chi connectivity index (χ3v) is 4.33. The molecular formula is C15H22ClNO. The van der Waals surface area contributed by atoms with Crippen molar-refractivity contribution >= 4 is 17.3 Å². The standard InChI is InChI=1S/C15H22ClNO/c1-11-4-3-5-13(8-11)17(2)15-7-6-12(10-18)9-14(15)16/h6-7,9,11,13,18H,3-5,8,10H2,1-2H3. The Morgan fingerprint density at radius 1 is 1.39 bits per heavy atom. The van der Waals surface area contributed by atoms with E-state index in [-0.39, 0.29) is 6.61 Å². The largest absolute Gasteiger partial charge is 0.392 e. The van der Waals surface area contributed by atoms with Crippen LogP contribution < -0.4 is 4.90 Å². The molecule has 1 aliphatic carbocycles. The average molecular weight is 268 g/mol. The maximum Gasteiger partial charge on any atom is 0.0682 e. The molecular weight excluding hydrogens is 246 g/mol. The van der Waals surface area contributed by atoms with Crippen LogP contribution in [-0.4, -0.2) is 18.2 Å². The van der Waals surface area contributed by atoms with Gasteiger partial charge in [0.05, 0.1) is 17.3 Å². The van der Waals surface area contributed by atoms with Gasteiger partial charge in [-0.3, -0.25) is 0 Å². The number of benzene rings is 1. The third-order valence-electron chi connectivity index (χ3n) is 4.03. The number of rotatable bonds is 3. The van der Waals surface area contributed by atoms with Crippen molar-refractivity contribution in [3.8, 4) is 0 Å². The minimum Gasteiger partial charge on any atom is -0.392 e. The second-order valence-electron chi connectivity index (χ2n) is 5.48. The number of halogens is 1. The van der Waals surface area contributed by atoms with Gasteiger partial charge in [-0.25, -0.2) is 0 Å². The SMILES string of the molecule is CC1CCCC(N(C)c2ccc(CO)cc2Cl)C1. The molecule has 0 amide bonds. The van der Waals surface area contributed by atoms with Gasteiger partial charge in [0.25, 0.3) is 0 Å². The Morgan fingerprint density at radius 2 is 2.17 bits per heavy atom. The first-order valence-corrected chi connectivity index (χ1v) is 7.11. The predicted octanol–water partition coefficient (Wildman–Crippen LogP) is 3.85. The fourth-order valence-electron chi connectivity index (χ4n) is 2.89. The van der Waals surface area contributed by atoms with E-state index in [0.717, 1.165) is 22.2 Å². The lowest BCUT2D eigenvalue weighted by Gasteiger charge is -2.36. The molecule has 0 aromatic heterocycles. The van der Waals surface area contributed by atoms with Crippen LogP contribution in [0.4, 0.5) is 5.69 Å². The lowest BCUT2D eigenvalue weighted by molar-refractivity contribution is 0.282. The molecule has 0 aliphatic heterocycles. The Bertz CT molecular complexity index is 407. The Balaban J connectivity index is 2.15. The van der Waals surface area contributed by atoms with E-state index in [9.17, 15) is 0 Å². The zero-order valence-electron chi connectivity index (χ0n) is 11.2. The zero-order valence-corrected chi connectivity index (χ0v) is 12.0. The van der Waals surface area contributed by atoms with Crippen LogP contribution in [0, 0.1) is 5.92 Å². The highest BCUT2D eigenvalue weighted by atomic mass is 35.5. The quantitative estimate of drug-likeness (QED) is 0.899. The summed E-state index contributed by atoms with van der Waals surface area (Å²) >= 11 is 6.31. The molecule has 1 aliphatic rings. The van der Waals surface area contributed by atoms with Gasteiger partial charge >= 0.3 is 0 Å². The van der Waals surface area contributed by atoms with Gasteiger partial charge in [0.1, 0.15) is 0 Å². The Hall–Kier alpha value is -0.730. The summed E-state index contributed by atoms with van der Waals surface area (Å²) in [4.78, 5) is 2.30. The molecule has 2 nitrogen and oxygen atoms in total. The molecule has 1 saturated carbocycles. The molecule has 0 bridgehead atoms. The van der Waals surface area contributed by atoms with E-state index in [2.05, 4.69) is 18.9 Å². The van der Waals surface area contributed by atoms with Crippen molar-refractivity contribution in [1.82, 2.24) is 0 Å². The van der Waals surface area contributed by atoms with E-state index in [1.54, 1.807) is 0 Å². The maximum absolute atomic E-state index is 9.10. The Labute approximate surface area is 115 Å². The van der Waals surface area contributed by atoms with Gasteiger partial charge < -0.3 is 10.0 Å². The van der Waals surface area contributed by atoms with E-state index in [1.807, 2.05) is 18.2 Å². The van der Waals surface area contributed by atoms with Crippen LogP contribution in [-0.2, 0) is 6.61 Å². The topological polar surface area (TPSA) is 23.5 Å². The monoisotopic (exact) mass is 267 g/mol. The summed E-state index contributed by atoms with van der Waals surface area (Å²) in [7, 11) is 2.13. The van der Waals surface area contributed by atoms with E-state index >= 15 is 0 Å². The molecule has 100 valence electrons. The van der Waals surface area contributed by atoms with E-state index in [0.29, 0.717) is 6.04 Å². The van der Waals surface area contributed by atoms with Crippen molar-refractivity contribution in [3.63, 3.8) is 0 Å². The highest BCUT2D eigenvalue weighted by Crippen LogP contribution is 2.33. The van der Waals surface area contributed by atoms with Crippen LogP contribution in [0.1, 0.15) is 38.2 Å². The third kappa shape index (κ3) is 2.99. The summed E-state index contributed by atoms with van der Waals surface area (Å²) < 4.78 is 0. The van der Waals surface area contributed by atoms with Crippen LogP contribution in [0.2, 0.25) is 5.02 Å². The summed E-state index contributed by atoms with van der Waals surface area (Å²) in [6.07, 6.45) is 5.15. The molecule has 2 unspecified atom stereocenters. The molecule has 1 aromatic rings. The summed E-state index contributed by atoms with van der Waals surface area (Å²) in [5.74, 6) is 0.807. The van der Waals surface area contributed by atoms with Gasteiger partial charge in [-0.1, -0.05) is 37.4 Å². The van der Waals surface area contributed by atoms with Crippen molar-refractivity contribution in [2.45, 2.75) is 45.3 Å². The van der Waals surface area contributed by atoms with Crippen molar-refractivity contribution in [2.75, 3.05) is 11.9 Å². The van der Waals surface area contributed by atoms with Gasteiger partial charge in [-0.05, 0) is 36.5 Å². The minimum atomic E-state index is 0.0458. The normalized spacial score (nSPS) is 24.0. The van der Waals surface area contributed by atoms with Crippen molar-refractivity contribution in [3.05, 3.63) is 28.8 Å². The van der Waals surface area contributed by atoms with Gasteiger partial charge in [0.2, 0.25) is 0 Å². The summed E-state index contributed by atoms with van der Waals surface area (Å²) in [6.45, 7) is 2.38. The highest BCUT2D eigenvalue weighted by Gasteiger charge is 2.23. The molecule has 2 atom stereocenters. The van der Waals surface area contributed by atoms with Crippen molar-refractivity contribution < 1.29 is 5.11 Å². The molecule has 3 heteroatoms. The van der Waals surface area contributed by atoms with Crippen molar-refractivity contribution in [1.29, 1.82) is 0 Å². The van der Waals surface area contributed by atoms with Crippen LogP contribution >= 0.6 is 11.6 Å². The molecule has 18 heavy (non-hydrogen) atoms. The minimum absolute atomic E-state index is 0.0458. The van der Waals surface area contributed by atoms with E-state index < -0.39 is 0 Å². The number of hydrogen-bond donors (Lipinski definition) is 1. The van der Waals surface area contributed by atoms with Crippen LogP contribution in [0.25, 0.3) is 0 Å². The number of anilines is 1. The summed E-state index contributed by atoms with van der Waals surface area (Å²) in [5.41, 5.74) is 1.95. The molecule has 0 spiro atoms. The van der Waals surface area contributed by atoms with Crippen LogP contribution in [0.3, 0.4) is 0 Å². The number of aliphatic hydroxyl groups excluding tert-OH is 1. The zero-order chi connectivity index (χ0) is 13.1. The Morgan fingerprint density at radius 3 is 2.78 bits per heavy atom. The van der Waals surface area contributed by atoms with Gasteiger partial charge in [0.15, 0.2) is 0 Å². The fourth-order valence-corrected chi connectivity index (χ4v) is 3.22. The average Bonchev–Trinajstić information content (AvgIpc) is 2.37. The molecule has 2 rings (SSSR count). The second-order valence-corrected chi connectivity index (χ2v) is 5.89. The van der Waals surface area contributed by atoms with Crippen LogP contribution in [0.5, 0.6) is 0 Å².